The molecule has 6 heteroatoms. The van der Waals surface area contributed by atoms with E-state index in [1.54, 1.807) is 19.1 Å². The summed E-state index contributed by atoms with van der Waals surface area (Å²) in [4.78, 5) is 20.1. The van der Waals surface area contributed by atoms with Gasteiger partial charge in [-0.25, -0.2) is 14.8 Å². The summed E-state index contributed by atoms with van der Waals surface area (Å²) in [6, 6.07) is 10.7. The number of aromatic nitrogens is 2. The Bertz CT molecular complexity index is 893. The van der Waals surface area contributed by atoms with Crippen LogP contribution in [0.4, 0.5) is 5.82 Å². The fourth-order valence-corrected chi connectivity index (χ4v) is 2.27. The molecule has 116 valence electrons. The normalized spacial score (nSPS) is 10.7. The molecule has 0 aliphatic heterocycles. The van der Waals surface area contributed by atoms with Crippen molar-refractivity contribution in [3.63, 3.8) is 0 Å². The first-order valence-corrected chi connectivity index (χ1v) is 7.11. The predicted molar refractivity (Wildman–Crippen MR) is 87.0 cm³/mol. The van der Waals surface area contributed by atoms with Crippen LogP contribution in [0.3, 0.4) is 0 Å². The zero-order valence-corrected chi connectivity index (χ0v) is 12.5. The molecule has 0 saturated carbocycles. The molecule has 1 heterocycles. The van der Waals surface area contributed by atoms with Gasteiger partial charge >= 0.3 is 5.97 Å². The summed E-state index contributed by atoms with van der Waals surface area (Å²) in [5, 5.41) is 11.3. The maximum Gasteiger partial charge on any atom is 0.343 e. The van der Waals surface area contributed by atoms with Crippen LogP contribution in [0.25, 0.3) is 22.2 Å². The number of benzene rings is 2. The summed E-state index contributed by atoms with van der Waals surface area (Å²) in [5.41, 5.74) is 6.76. The molecular formula is C17H15N3O3. The van der Waals surface area contributed by atoms with Gasteiger partial charge in [0.1, 0.15) is 17.1 Å². The summed E-state index contributed by atoms with van der Waals surface area (Å²) >= 11 is 0. The van der Waals surface area contributed by atoms with Crippen LogP contribution < -0.4 is 5.73 Å². The Morgan fingerprint density at radius 3 is 2.70 bits per heavy atom. The van der Waals surface area contributed by atoms with E-state index in [4.69, 9.17) is 10.5 Å². The van der Waals surface area contributed by atoms with Crippen molar-refractivity contribution in [1.82, 2.24) is 9.97 Å². The Labute approximate surface area is 132 Å². The molecule has 0 amide bonds. The summed E-state index contributed by atoms with van der Waals surface area (Å²) in [6.07, 6.45) is 1.37. The number of ether oxygens (including phenoxy) is 1. The Balaban J connectivity index is 2.00. The van der Waals surface area contributed by atoms with Crippen molar-refractivity contribution in [3.05, 3.63) is 48.2 Å². The summed E-state index contributed by atoms with van der Waals surface area (Å²) in [7, 11) is 0. The largest absolute Gasteiger partial charge is 0.508 e. The number of rotatable bonds is 3. The van der Waals surface area contributed by atoms with Crippen molar-refractivity contribution in [2.75, 3.05) is 12.3 Å². The van der Waals surface area contributed by atoms with Crippen LogP contribution in [0, 0.1) is 0 Å². The van der Waals surface area contributed by atoms with Gasteiger partial charge in [0.15, 0.2) is 5.82 Å². The van der Waals surface area contributed by atoms with E-state index < -0.39 is 5.97 Å². The molecule has 3 aromatic rings. The van der Waals surface area contributed by atoms with E-state index in [1.165, 1.54) is 6.20 Å². The lowest BCUT2D eigenvalue weighted by Crippen LogP contribution is -2.10. The quantitative estimate of drug-likeness (QED) is 0.722. The highest BCUT2D eigenvalue weighted by Gasteiger charge is 2.14. The average molecular weight is 309 g/mol. The first-order chi connectivity index (χ1) is 11.1. The monoisotopic (exact) mass is 309 g/mol. The van der Waals surface area contributed by atoms with Gasteiger partial charge in [0.2, 0.25) is 0 Å². The number of nitrogens with two attached hydrogens (primary N) is 1. The molecule has 0 saturated heterocycles. The van der Waals surface area contributed by atoms with E-state index in [9.17, 15) is 9.90 Å². The van der Waals surface area contributed by atoms with Crippen LogP contribution in [0.2, 0.25) is 0 Å². The van der Waals surface area contributed by atoms with Crippen molar-refractivity contribution in [2.45, 2.75) is 6.92 Å². The molecule has 0 fully saturated rings. The summed E-state index contributed by atoms with van der Waals surface area (Å²) in [5.74, 6) is 0.180. The minimum absolute atomic E-state index is 0.0826. The van der Waals surface area contributed by atoms with Crippen molar-refractivity contribution >= 4 is 22.6 Å². The molecule has 3 rings (SSSR count). The third kappa shape index (κ3) is 2.91. The fraction of sp³-hybridized carbons (Fsp3) is 0.118. The standard InChI is InChI=1S/C17H15N3O3/c1-2-23-17(22)14-9-19-16(20-15(14)18)12-4-3-11-8-13(21)6-5-10(11)7-12/h3-9,21H,2H2,1H3,(H2,18,19,20). The van der Waals surface area contributed by atoms with Crippen LogP contribution in [0.5, 0.6) is 5.75 Å². The number of fused-ring (bicyclic) bond motifs is 1. The zero-order chi connectivity index (χ0) is 16.4. The number of phenols is 1. The van der Waals surface area contributed by atoms with Gasteiger partial charge in [-0.1, -0.05) is 18.2 Å². The maximum absolute atomic E-state index is 11.7. The maximum atomic E-state index is 11.7. The van der Waals surface area contributed by atoms with E-state index in [2.05, 4.69) is 9.97 Å². The minimum atomic E-state index is -0.537. The van der Waals surface area contributed by atoms with Crippen LogP contribution in [0.1, 0.15) is 17.3 Å². The SMILES string of the molecule is CCOC(=O)c1cnc(-c2ccc3cc(O)ccc3c2)nc1N. The van der Waals surface area contributed by atoms with Crippen LogP contribution >= 0.6 is 0 Å². The Morgan fingerprint density at radius 1 is 1.22 bits per heavy atom. The number of esters is 1. The summed E-state index contributed by atoms with van der Waals surface area (Å²) in [6.45, 7) is 1.98. The molecule has 0 bridgehead atoms. The number of carbonyl (C=O) groups excluding carboxylic acids is 1. The second-order valence-electron chi connectivity index (χ2n) is 4.96. The molecule has 2 aromatic carbocycles. The first kappa shape index (κ1) is 14.8. The highest BCUT2D eigenvalue weighted by molar-refractivity contribution is 5.94. The predicted octanol–water partition coefficient (Wildman–Crippen LogP) is 2.76. The number of anilines is 1. The molecule has 3 N–H and O–H groups in total. The third-order valence-corrected chi connectivity index (χ3v) is 3.40. The lowest BCUT2D eigenvalue weighted by atomic mass is 10.1. The number of hydrogen-bond acceptors (Lipinski definition) is 6. The molecule has 0 atom stereocenters. The molecule has 0 aliphatic rings. The van der Waals surface area contributed by atoms with Crippen molar-refractivity contribution < 1.29 is 14.6 Å². The van der Waals surface area contributed by atoms with Gasteiger partial charge in [-0.05, 0) is 35.9 Å². The van der Waals surface area contributed by atoms with Crippen molar-refractivity contribution in [1.29, 1.82) is 0 Å². The van der Waals surface area contributed by atoms with Gasteiger partial charge in [-0.2, -0.15) is 0 Å². The molecule has 1 aromatic heterocycles. The molecule has 0 spiro atoms. The van der Waals surface area contributed by atoms with E-state index >= 15 is 0 Å². The van der Waals surface area contributed by atoms with Gasteiger partial charge in [0, 0.05) is 11.8 Å². The van der Waals surface area contributed by atoms with Crippen LogP contribution in [0.15, 0.2) is 42.6 Å². The van der Waals surface area contributed by atoms with Gasteiger partial charge in [0.05, 0.1) is 6.61 Å². The van der Waals surface area contributed by atoms with Crippen LogP contribution in [-0.4, -0.2) is 27.7 Å². The molecule has 0 aliphatic carbocycles. The highest BCUT2D eigenvalue weighted by atomic mass is 16.5. The van der Waals surface area contributed by atoms with Gasteiger partial charge in [0.25, 0.3) is 0 Å². The van der Waals surface area contributed by atoms with E-state index in [1.807, 2.05) is 24.3 Å². The smallest absolute Gasteiger partial charge is 0.343 e. The number of phenolic OH excluding ortho intramolecular Hbond substituents is 1. The lowest BCUT2D eigenvalue weighted by Gasteiger charge is -2.07. The second-order valence-corrected chi connectivity index (χ2v) is 4.96. The Kier molecular flexibility index (Phi) is 3.80. The Hall–Kier alpha value is -3.15. The van der Waals surface area contributed by atoms with E-state index in [0.29, 0.717) is 5.82 Å². The number of carbonyl (C=O) groups is 1. The number of aromatic hydroxyl groups is 1. The number of nitrogens with zero attached hydrogens (tertiary/aromatic N) is 2. The van der Waals surface area contributed by atoms with Gasteiger partial charge in [-0.15, -0.1) is 0 Å². The van der Waals surface area contributed by atoms with Crippen molar-refractivity contribution in [3.8, 4) is 17.1 Å². The second kappa shape index (κ2) is 5.92. The highest BCUT2D eigenvalue weighted by Crippen LogP contribution is 2.25. The molecule has 6 nitrogen and oxygen atoms in total. The van der Waals surface area contributed by atoms with Crippen molar-refractivity contribution in [2.24, 2.45) is 0 Å². The van der Waals surface area contributed by atoms with E-state index in [0.717, 1.165) is 16.3 Å². The average Bonchev–Trinajstić information content (AvgIpc) is 2.54. The lowest BCUT2D eigenvalue weighted by molar-refractivity contribution is 0.0527. The third-order valence-electron chi connectivity index (χ3n) is 3.40. The minimum Gasteiger partial charge on any atom is -0.508 e. The fourth-order valence-electron chi connectivity index (χ4n) is 2.27. The zero-order valence-electron chi connectivity index (χ0n) is 12.5. The molecule has 0 radical (unpaired) electrons. The van der Waals surface area contributed by atoms with Gasteiger partial charge in [-0.3, -0.25) is 0 Å². The van der Waals surface area contributed by atoms with Crippen LogP contribution in [-0.2, 0) is 4.74 Å². The first-order valence-electron chi connectivity index (χ1n) is 7.11. The number of hydrogen-bond donors (Lipinski definition) is 2. The summed E-state index contributed by atoms with van der Waals surface area (Å²) < 4.78 is 4.90. The molecule has 23 heavy (non-hydrogen) atoms. The molecular weight excluding hydrogens is 294 g/mol. The number of nitrogen functional groups attached to an aromatic ring is 1. The Morgan fingerprint density at radius 2 is 1.96 bits per heavy atom. The van der Waals surface area contributed by atoms with Gasteiger partial charge < -0.3 is 15.6 Å². The molecule has 0 unspecified atom stereocenters. The topological polar surface area (TPSA) is 98.3 Å². The van der Waals surface area contributed by atoms with E-state index in [-0.39, 0.29) is 23.7 Å².